The molecule has 0 radical (unpaired) electrons. The number of nitrogens with zero attached hydrogens (tertiary/aromatic N) is 5. The zero-order valence-corrected chi connectivity index (χ0v) is 15.6. The second kappa shape index (κ2) is 7.61. The Kier molecular flexibility index (Phi) is 5.48. The largest absolute Gasteiger partial charge is 0.296 e. The van der Waals surface area contributed by atoms with Crippen LogP contribution in [0.2, 0.25) is 0 Å². The van der Waals surface area contributed by atoms with E-state index in [9.17, 15) is 8.42 Å². The van der Waals surface area contributed by atoms with Crippen molar-refractivity contribution in [3.8, 4) is 5.69 Å². The van der Waals surface area contributed by atoms with Crippen molar-refractivity contribution in [3.63, 3.8) is 0 Å². The Morgan fingerprint density at radius 3 is 2.68 bits per heavy atom. The van der Waals surface area contributed by atoms with Gasteiger partial charge in [-0.3, -0.25) is 4.90 Å². The van der Waals surface area contributed by atoms with Crippen molar-refractivity contribution in [2.24, 2.45) is 5.92 Å². The van der Waals surface area contributed by atoms with Gasteiger partial charge in [0, 0.05) is 12.8 Å². The molecule has 1 aliphatic heterocycles. The first-order chi connectivity index (χ1) is 12.0. The summed E-state index contributed by atoms with van der Waals surface area (Å²) < 4.78 is 24.9. The van der Waals surface area contributed by atoms with E-state index in [0.29, 0.717) is 11.4 Å². The number of piperidine rings is 1. The average Bonchev–Trinajstić information content (AvgIpc) is 3.03. The van der Waals surface area contributed by atoms with Crippen molar-refractivity contribution in [3.05, 3.63) is 30.1 Å². The average molecular weight is 363 g/mol. The number of rotatable bonds is 6. The molecule has 0 amide bonds. The van der Waals surface area contributed by atoms with Gasteiger partial charge in [0.15, 0.2) is 15.7 Å². The van der Waals surface area contributed by atoms with Gasteiger partial charge in [0.2, 0.25) is 0 Å². The summed E-state index contributed by atoms with van der Waals surface area (Å²) in [5, 5.41) is 12.1. The third-order valence-electron chi connectivity index (χ3n) is 4.71. The van der Waals surface area contributed by atoms with Gasteiger partial charge in [0.25, 0.3) is 0 Å². The lowest BCUT2D eigenvalue weighted by Crippen LogP contribution is -2.35. The van der Waals surface area contributed by atoms with Crippen LogP contribution in [-0.2, 0) is 16.4 Å². The summed E-state index contributed by atoms with van der Waals surface area (Å²) in [7, 11) is -3.20. The Labute approximate surface area is 149 Å². The molecule has 1 saturated heterocycles. The Hall–Kier alpha value is -1.80. The van der Waals surface area contributed by atoms with Gasteiger partial charge in [0.05, 0.1) is 17.1 Å². The van der Waals surface area contributed by atoms with Crippen LogP contribution in [0.3, 0.4) is 0 Å². The smallest absolute Gasteiger partial charge is 0.175 e. The molecule has 136 valence electrons. The van der Waals surface area contributed by atoms with Crippen LogP contribution in [0.15, 0.2) is 29.2 Å². The van der Waals surface area contributed by atoms with Crippen LogP contribution in [0.4, 0.5) is 0 Å². The summed E-state index contributed by atoms with van der Waals surface area (Å²) in [6, 6.07) is 6.67. The molecule has 1 aromatic carbocycles. The summed E-state index contributed by atoms with van der Waals surface area (Å²) in [6.07, 6.45) is 6.22. The second-order valence-electron chi connectivity index (χ2n) is 6.81. The fourth-order valence-electron chi connectivity index (χ4n) is 3.48. The molecular formula is C17H25N5O2S. The topological polar surface area (TPSA) is 81.0 Å². The molecule has 1 unspecified atom stereocenters. The summed E-state index contributed by atoms with van der Waals surface area (Å²) in [4.78, 5) is 2.71. The Morgan fingerprint density at radius 1 is 1.24 bits per heavy atom. The number of hydrogen-bond acceptors (Lipinski definition) is 6. The Balaban J connectivity index is 1.74. The van der Waals surface area contributed by atoms with Crippen LogP contribution in [0.5, 0.6) is 0 Å². The molecule has 2 heterocycles. The number of hydrogen-bond donors (Lipinski definition) is 0. The maximum Gasteiger partial charge on any atom is 0.175 e. The molecule has 1 aromatic heterocycles. The van der Waals surface area contributed by atoms with E-state index >= 15 is 0 Å². The lowest BCUT2D eigenvalue weighted by Gasteiger charge is -2.32. The Morgan fingerprint density at radius 2 is 2.00 bits per heavy atom. The molecule has 1 atom stereocenters. The monoisotopic (exact) mass is 363 g/mol. The molecule has 25 heavy (non-hydrogen) atoms. The maximum atomic E-state index is 11.6. The van der Waals surface area contributed by atoms with Crippen LogP contribution >= 0.6 is 0 Å². The van der Waals surface area contributed by atoms with Crippen molar-refractivity contribution in [1.82, 2.24) is 25.1 Å². The number of sulfone groups is 1. The van der Waals surface area contributed by atoms with Crippen LogP contribution in [-0.4, -0.2) is 52.9 Å². The molecule has 1 aliphatic rings. The summed E-state index contributed by atoms with van der Waals surface area (Å²) >= 11 is 0. The second-order valence-corrected chi connectivity index (χ2v) is 8.82. The molecule has 0 aliphatic carbocycles. The third kappa shape index (κ3) is 4.43. The van der Waals surface area contributed by atoms with Crippen molar-refractivity contribution < 1.29 is 8.42 Å². The quantitative estimate of drug-likeness (QED) is 0.782. The molecule has 3 rings (SSSR count). The van der Waals surface area contributed by atoms with Gasteiger partial charge in [0.1, 0.15) is 0 Å². The molecule has 0 bridgehead atoms. The van der Waals surface area contributed by atoms with Gasteiger partial charge in [-0.2, -0.15) is 4.68 Å². The minimum Gasteiger partial charge on any atom is -0.296 e. The van der Waals surface area contributed by atoms with Gasteiger partial charge in [-0.05, 0) is 66.4 Å². The van der Waals surface area contributed by atoms with Gasteiger partial charge in [-0.15, -0.1) is 5.10 Å². The summed E-state index contributed by atoms with van der Waals surface area (Å²) in [6.45, 7) is 5.11. The Bertz CT molecular complexity index is 799. The van der Waals surface area contributed by atoms with E-state index in [1.54, 1.807) is 28.9 Å². The van der Waals surface area contributed by atoms with Crippen molar-refractivity contribution in [1.29, 1.82) is 0 Å². The molecule has 0 saturated carbocycles. The number of likely N-dealkylation sites (tertiary alicyclic amines) is 1. The highest BCUT2D eigenvalue weighted by Crippen LogP contribution is 2.22. The van der Waals surface area contributed by atoms with E-state index in [0.717, 1.165) is 30.5 Å². The summed E-state index contributed by atoms with van der Waals surface area (Å²) in [5.74, 6) is 1.54. The lowest BCUT2D eigenvalue weighted by molar-refractivity contribution is 0.157. The maximum absolute atomic E-state index is 11.6. The van der Waals surface area contributed by atoms with E-state index < -0.39 is 9.84 Å². The fraction of sp³-hybridized carbons (Fsp3) is 0.588. The van der Waals surface area contributed by atoms with E-state index in [1.807, 2.05) is 0 Å². The van der Waals surface area contributed by atoms with Gasteiger partial charge in [-0.25, -0.2) is 8.42 Å². The predicted octanol–water partition coefficient (Wildman–Crippen LogP) is 2.08. The van der Waals surface area contributed by atoms with Crippen LogP contribution < -0.4 is 0 Å². The van der Waals surface area contributed by atoms with Crippen LogP contribution in [0.25, 0.3) is 5.69 Å². The first-order valence-corrected chi connectivity index (χ1v) is 10.7. The normalized spacial score (nSPS) is 19.2. The van der Waals surface area contributed by atoms with E-state index in [4.69, 9.17) is 0 Å². The molecule has 0 spiro atoms. The highest BCUT2D eigenvalue weighted by atomic mass is 32.2. The molecule has 2 aromatic rings. The van der Waals surface area contributed by atoms with E-state index in [-0.39, 0.29) is 0 Å². The molecule has 0 N–H and O–H groups in total. The van der Waals surface area contributed by atoms with Crippen molar-refractivity contribution in [2.75, 3.05) is 19.3 Å². The zero-order valence-electron chi connectivity index (χ0n) is 14.8. The highest BCUT2D eigenvalue weighted by Gasteiger charge is 2.21. The van der Waals surface area contributed by atoms with Gasteiger partial charge >= 0.3 is 0 Å². The minimum absolute atomic E-state index is 0.296. The molecule has 7 nitrogen and oxygen atoms in total. The van der Waals surface area contributed by atoms with Crippen molar-refractivity contribution in [2.45, 2.75) is 44.0 Å². The molecular weight excluding hydrogens is 338 g/mol. The lowest BCUT2D eigenvalue weighted by atomic mass is 9.94. The zero-order chi connectivity index (χ0) is 17.9. The fourth-order valence-corrected chi connectivity index (χ4v) is 4.11. The van der Waals surface area contributed by atoms with E-state index in [2.05, 4.69) is 27.3 Å². The molecule has 1 fully saturated rings. The van der Waals surface area contributed by atoms with Crippen molar-refractivity contribution >= 4 is 9.84 Å². The first-order valence-electron chi connectivity index (χ1n) is 8.77. The first kappa shape index (κ1) is 18.0. The highest BCUT2D eigenvalue weighted by molar-refractivity contribution is 7.90. The summed E-state index contributed by atoms with van der Waals surface area (Å²) in [5.41, 5.74) is 0.773. The number of benzene rings is 1. The van der Waals surface area contributed by atoms with Crippen LogP contribution in [0.1, 0.15) is 38.4 Å². The van der Waals surface area contributed by atoms with Crippen LogP contribution in [0, 0.1) is 5.92 Å². The van der Waals surface area contributed by atoms with Gasteiger partial charge in [-0.1, -0.05) is 13.3 Å². The minimum atomic E-state index is -3.20. The number of tetrazole rings is 1. The van der Waals surface area contributed by atoms with E-state index in [1.165, 1.54) is 31.9 Å². The predicted molar refractivity (Wildman–Crippen MR) is 95.2 cm³/mol. The third-order valence-corrected chi connectivity index (χ3v) is 5.84. The number of aromatic nitrogens is 4. The van der Waals surface area contributed by atoms with Gasteiger partial charge < -0.3 is 0 Å². The molecule has 8 heteroatoms. The standard InChI is InChI=1S/C17H25N5O2S/c1-3-5-14-6-4-11-21(12-14)13-17-18-19-20-22(17)15-7-9-16(10-8-15)25(2,23)24/h7-10,14H,3-6,11-13H2,1-2H3. The SMILES string of the molecule is CCCC1CCCN(Cc2nnnn2-c2ccc(S(C)(=O)=O)cc2)C1.